The molecule has 3 rings (SSSR count). The molecular weight excluding hydrogens is 408 g/mol. The van der Waals surface area contributed by atoms with Gasteiger partial charge in [-0.1, -0.05) is 6.92 Å². The number of aryl methyl sites for hydroxylation is 1. The highest BCUT2D eigenvalue weighted by atomic mass is 35.5. The van der Waals surface area contributed by atoms with E-state index in [0.717, 1.165) is 55.3 Å². The number of carbonyl (C=O) groups excluding carboxylic acids is 1. The fourth-order valence-corrected chi connectivity index (χ4v) is 4.18. The molecule has 1 amide bonds. The average molecular weight is 434 g/mol. The van der Waals surface area contributed by atoms with Crippen LogP contribution in [-0.4, -0.2) is 42.0 Å². The maximum absolute atomic E-state index is 13.1. The predicted molar refractivity (Wildman–Crippen MR) is 114 cm³/mol. The minimum atomic E-state index is -0.270. The van der Waals surface area contributed by atoms with Crippen LogP contribution >= 0.6 is 36.2 Å². The molecule has 0 atom stereocenters. The zero-order chi connectivity index (χ0) is 17.8. The molecule has 1 aromatic carbocycles. The van der Waals surface area contributed by atoms with Crippen LogP contribution in [0.3, 0.4) is 0 Å². The van der Waals surface area contributed by atoms with E-state index in [0.29, 0.717) is 10.8 Å². The van der Waals surface area contributed by atoms with Crippen LogP contribution in [0.2, 0.25) is 0 Å². The van der Waals surface area contributed by atoms with E-state index in [-0.39, 0.29) is 36.5 Å². The van der Waals surface area contributed by atoms with Crippen molar-refractivity contribution in [3.63, 3.8) is 0 Å². The predicted octanol–water partition coefficient (Wildman–Crippen LogP) is 4.56. The third kappa shape index (κ3) is 5.88. The van der Waals surface area contributed by atoms with Crippen molar-refractivity contribution in [3.8, 4) is 10.6 Å². The van der Waals surface area contributed by atoms with Crippen molar-refractivity contribution in [1.82, 2.24) is 15.2 Å². The number of hydrogen-bond donors (Lipinski definition) is 1. The number of rotatable bonds is 5. The molecule has 2 aromatic rings. The van der Waals surface area contributed by atoms with Crippen molar-refractivity contribution in [2.75, 3.05) is 26.2 Å². The molecule has 4 nitrogen and oxygen atoms in total. The van der Waals surface area contributed by atoms with Gasteiger partial charge < -0.3 is 10.2 Å². The molecule has 0 unspecified atom stereocenters. The zero-order valence-electron chi connectivity index (χ0n) is 15.5. The lowest BCUT2D eigenvalue weighted by atomic mass is 9.96. The SMILES string of the molecule is CCNCC1CCN(C(=O)c2sc(-c3ccc(F)cc3)nc2C)CC1.Cl.Cl. The summed E-state index contributed by atoms with van der Waals surface area (Å²) in [6, 6.07) is 6.24. The summed E-state index contributed by atoms with van der Waals surface area (Å²) in [5.41, 5.74) is 1.60. The Morgan fingerprint density at radius 3 is 2.48 bits per heavy atom. The standard InChI is InChI=1S/C19H24FN3OS.2ClH/c1-3-21-12-14-8-10-23(11-9-14)19(24)17-13(2)22-18(25-17)15-4-6-16(20)7-5-15;;/h4-7,14,21H,3,8-12H2,1-2H3;2*1H. The quantitative estimate of drug-likeness (QED) is 0.751. The number of halogens is 3. The van der Waals surface area contributed by atoms with E-state index in [4.69, 9.17) is 0 Å². The number of likely N-dealkylation sites (tertiary alicyclic amines) is 1. The van der Waals surface area contributed by atoms with E-state index < -0.39 is 0 Å². The van der Waals surface area contributed by atoms with Crippen LogP contribution in [0.25, 0.3) is 10.6 Å². The first-order valence-corrected chi connectivity index (χ1v) is 9.63. The summed E-state index contributed by atoms with van der Waals surface area (Å²) in [7, 11) is 0. The van der Waals surface area contributed by atoms with Crippen molar-refractivity contribution < 1.29 is 9.18 Å². The molecule has 150 valence electrons. The number of benzene rings is 1. The fourth-order valence-electron chi connectivity index (χ4n) is 3.14. The molecule has 2 heterocycles. The summed E-state index contributed by atoms with van der Waals surface area (Å²) in [6.07, 6.45) is 2.09. The highest BCUT2D eigenvalue weighted by Crippen LogP contribution is 2.30. The van der Waals surface area contributed by atoms with E-state index in [1.54, 1.807) is 12.1 Å². The van der Waals surface area contributed by atoms with Crippen LogP contribution in [0.4, 0.5) is 4.39 Å². The molecule has 0 spiro atoms. The number of hydrogen-bond acceptors (Lipinski definition) is 4. The summed E-state index contributed by atoms with van der Waals surface area (Å²) in [5, 5.41) is 4.16. The molecule has 0 saturated carbocycles. The van der Waals surface area contributed by atoms with Crippen molar-refractivity contribution in [3.05, 3.63) is 40.7 Å². The summed E-state index contributed by atoms with van der Waals surface area (Å²) in [6.45, 7) is 7.62. The Morgan fingerprint density at radius 1 is 1.26 bits per heavy atom. The smallest absolute Gasteiger partial charge is 0.265 e. The lowest BCUT2D eigenvalue weighted by Crippen LogP contribution is -2.40. The number of thiazole rings is 1. The Balaban J connectivity index is 0.00000182. The van der Waals surface area contributed by atoms with Gasteiger partial charge in [0, 0.05) is 18.7 Å². The Labute approximate surface area is 176 Å². The summed E-state index contributed by atoms with van der Waals surface area (Å²) in [5.74, 6) is 0.459. The van der Waals surface area contributed by atoms with Crippen LogP contribution in [-0.2, 0) is 0 Å². The second-order valence-electron chi connectivity index (χ2n) is 6.48. The Bertz CT molecular complexity index is 731. The molecule has 0 radical (unpaired) electrons. The van der Waals surface area contributed by atoms with E-state index in [1.807, 2.05) is 11.8 Å². The van der Waals surface area contributed by atoms with Gasteiger partial charge in [-0.15, -0.1) is 36.2 Å². The molecule has 1 aliphatic rings. The first-order valence-electron chi connectivity index (χ1n) is 8.81. The minimum absolute atomic E-state index is 0. The Morgan fingerprint density at radius 2 is 1.89 bits per heavy atom. The molecule has 1 aliphatic heterocycles. The maximum Gasteiger partial charge on any atom is 0.265 e. The highest BCUT2D eigenvalue weighted by molar-refractivity contribution is 7.17. The third-order valence-electron chi connectivity index (χ3n) is 4.67. The molecule has 1 saturated heterocycles. The van der Waals surface area contributed by atoms with Crippen LogP contribution in [0, 0.1) is 18.7 Å². The minimum Gasteiger partial charge on any atom is -0.338 e. The lowest BCUT2D eigenvalue weighted by Gasteiger charge is -2.31. The number of aromatic nitrogens is 1. The molecule has 0 aliphatic carbocycles. The van der Waals surface area contributed by atoms with E-state index >= 15 is 0 Å². The fraction of sp³-hybridized carbons (Fsp3) is 0.474. The molecule has 1 aromatic heterocycles. The van der Waals surface area contributed by atoms with Gasteiger partial charge in [0.15, 0.2) is 0 Å². The Kier molecular flexibility index (Phi) is 9.67. The van der Waals surface area contributed by atoms with Gasteiger partial charge >= 0.3 is 0 Å². The van der Waals surface area contributed by atoms with Crippen LogP contribution in [0.5, 0.6) is 0 Å². The van der Waals surface area contributed by atoms with Crippen molar-refractivity contribution in [2.45, 2.75) is 26.7 Å². The number of piperidine rings is 1. The van der Waals surface area contributed by atoms with Crippen LogP contribution < -0.4 is 5.32 Å². The molecule has 8 heteroatoms. The van der Waals surface area contributed by atoms with Gasteiger partial charge in [-0.25, -0.2) is 9.37 Å². The maximum atomic E-state index is 13.1. The number of nitrogens with zero attached hydrogens (tertiary/aromatic N) is 2. The molecule has 1 fully saturated rings. The third-order valence-corrected chi connectivity index (χ3v) is 5.86. The number of carbonyl (C=O) groups is 1. The van der Waals surface area contributed by atoms with E-state index in [2.05, 4.69) is 17.2 Å². The van der Waals surface area contributed by atoms with Gasteiger partial charge in [0.05, 0.1) is 5.69 Å². The largest absolute Gasteiger partial charge is 0.338 e. The van der Waals surface area contributed by atoms with Crippen LogP contribution in [0.1, 0.15) is 35.1 Å². The van der Waals surface area contributed by atoms with Crippen molar-refractivity contribution in [1.29, 1.82) is 0 Å². The van der Waals surface area contributed by atoms with Gasteiger partial charge in [-0.2, -0.15) is 0 Å². The zero-order valence-corrected chi connectivity index (χ0v) is 18.0. The van der Waals surface area contributed by atoms with Gasteiger partial charge in [0.1, 0.15) is 15.7 Å². The second kappa shape index (κ2) is 11.0. The van der Waals surface area contributed by atoms with E-state index in [9.17, 15) is 9.18 Å². The van der Waals surface area contributed by atoms with Gasteiger partial charge in [0.25, 0.3) is 5.91 Å². The highest BCUT2D eigenvalue weighted by Gasteiger charge is 2.26. The second-order valence-corrected chi connectivity index (χ2v) is 7.48. The summed E-state index contributed by atoms with van der Waals surface area (Å²) >= 11 is 1.40. The van der Waals surface area contributed by atoms with Crippen molar-refractivity contribution >= 4 is 42.1 Å². The van der Waals surface area contributed by atoms with Crippen molar-refractivity contribution in [2.24, 2.45) is 5.92 Å². The average Bonchev–Trinajstić information content (AvgIpc) is 3.02. The first-order chi connectivity index (χ1) is 12.1. The summed E-state index contributed by atoms with van der Waals surface area (Å²) in [4.78, 5) is 20.0. The lowest BCUT2D eigenvalue weighted by molar-refractivity contribution is 0.0694. The Hall–Kier alpha value is -1.21. The van der Waals surface area contributed by atoms with Gasteiger partial charge in [0.2, 0.25) is 0 Å². The number of amides is 1. The van der Waals surface area contributed by atoms with E-state index in [1.165, 1.54) is 23.5 Å². The topological polar surface area (TPSA) is 45.2 Å². The van der Waals surface area contributed by atoms with Gasteiger partial charge in [-0.05, 0) is 63.0 Å². The first kappa shape index (κ1) is 23.8. The van der Waals surface area contributed by atoms with Crippen LogP contribution in [0.15, 0.2) is 24.3 Å². The number of nitrogens with one attached hydrogen (secondary N) is 1. The van der Waals surface area contributed by atoms with Gasteiger partial charge in [-0.3, -0.25) is 4.79 Å². The molecule has 0 bridgehead atoms. The normalized spacial score (nSPS) is 14.4. The molecular formula is C19H26Cl2FN3OS. The molecule has 27 heavy (non-hydrogen) atoms. The monoisotopic (exact) mass is 433 g/mol. The summed E-state index contributed by atoms with van der Waals surface area (Å²) < 4.78 is 13.1. The molecule has 1 N–H and O–H groups in total.